The van der Waals surface area contributed by atoms with Crippen LogP contribution in [0.5, 0.6) is 11.5 Å². The Hall–Kier alpha value is -4.38. The van der Waals surface area contributed by atoms with Crippen molar-refractivity contribution in [1.29, 1.82) is 0 Å². The van der Waals surface area contributed by atoms with Crippen LogP contribution in [0.15, 0.2) is 40.1 Å². The van der Waals surface area contributed by atoms with Crippen LogP contribution in [-0.2, 0) is 19.5 Å². The number of hydrogen-bond acceptors (Lipinski definition) is 7. The molecule has 2 N–H and O–H groups in total. The van der Waals surface area contributed by atoms with Gasteiger partial charge in [-0.05, 0) is 62.9 Å². The fourth-order valence-corrected chi connectivity index (χ4v) is 5.43. The summed E-state index contributed by atoms with van der Waals surface area (Å²) in [5, 5.41) is 12.4. The molecule has 0 spiro atoms. The Labute approximate surface area is 241 Å². The number of methoxy groups -OCH3 is 1. The fourth-order valence-electron chi connectivity index (χ4n) is 5.27. The Morgan fingerprint density at radius 3 is 2.56 bits per heavy atom. The SMILES string of the molecule is CCOc1cc2c(cc1OC)-c1c/c(=N\c3c(C)cc(C)cc3C)n(CCNC(=O)c3[nH]nnc3Cl)c(=O)n1CC2. The van der Waals surface area contributed by atoms with Gasteiger partial charge in [0.1, 0.15) is 5.49 Å². The van der Waals surface area contributed by atoms with Crippen LogP contribution in [0.25, 0.3) is 11.3 Å². The van der Waals surface area contributed by atoms with Crippen LogP contribution >= 0.6 is 11.6 Å². The summed E-state index contributed by atoms with van der Waals surface area (Å²) in [6.07, 6.45) is 0.654. The van der Waals surface area contributed by atoms with Gasteiger partial charge in [0.25, 0.3) is 5.91 Å². The van der Waals surface area contributed by atoms with Crippen molar-refractivity contribution in [2.45, 2.75) is 47.2 Å². The van der Waals surface area contributed by atoms with Crippen LogP contribution in [0.1, 0.15) is 39.7 Å². The third kappa shape index (κ3) is 5.49. The Balaban J connectivity index is 1.63. The van der Waals surface area contributed by atoms with Crippen molar-refractivity contribution >= 4 is 23.2 Å². The van der Waals surface area contributed by atoms with E-state index in [9.17, 15) is 9.59 Å². The number of nitrogens with zero attached hydrogens (tertiary/aromatic N) is 5. The minimum absolute atomic E-state index is 0.0217. The zero-order valence-electron chi connectivity index (χ0n) is 23.7. The lowest BCUT2D eigenvalue weighted by Crippen LogP contribution is -2.44. The molecule has 0 radical (unpaired) electrons. The van der Waals surface area contributed by atoms with E-state index < -0.39 is 5.91 Å². The van der Waals surface area contributed by atoms with E-state index in [1.165, 1.54) is 0 Å². The first kappa shape index (κ1) is 28.2. The Morgan fingerprint density at radius 1 is 1.15 bits per heavy atom. The van der Waals surface area contributed by atoms with Crippen molar-refractivity contribution in [1.82, 2.24) is 29.9 Å². The van der Waals surface area contributed by atoms with Crippen molar-refractivity contribution in [2.75, 3.05) is 20.3 Å². The van der Waals surface area contributed by atoms with E-state index >= 15 is 0 Å². The molecule has 3 heterocycles. The number of ether oxygens (including phenoxy) is 2. The van der Waals surface area contributed by atoms with Gasteiger partial charge in [0.2, 0.25) is 0 Å². The first-order valence-corrected chi connectivity index (χ1v) is 13.8. The Kier molecular flexibility index (Phi) is 7.98. The summed E-state index contributed by atoms with van der Waals surface area (Å²) < 4.78 is 14.7. The van der Waals surface area contributed by atoms with Crippen molar-refractivity contribution in [3.05, 3.63) is 79.4 Å². The standard InChI is InChI=1S/C29H32ClN7O4/c1-6-41-23-13-19-7-9-36-21(20(19)14-22(23)40-5)15-24(32-25-17(3)11-16(2)12-18(25)4)37(29(36)39)10-8-31-28(38)26-27(30)34-35-33-26/h11-15H,6-10H2,1-5H3,(H,31,38)(H,33,34,35)/b32-24+. The molecule has 1 aliphatic heterocycles. The van der Waals surface area contributed by atoms with Crippen molar-refractivity contribution in [3.63, 3.8) is 0 Å². The summed E-state index contributed by atoms with van der Waals surface area (Å²) in [5.41, 5.74) is 6.97. The number of aryl methyl sites for hydroxylation is 4. The highest BCUT2D eigenvalue weighted by atomic mass is 35.5. The van der Waals surface area contributed by atoms with E-state index in [1.54, 1.807) is 16.2 Å². The average molecular weight is 578 g/mol. The van der Waals surface area contributed by atoms with Crippen LogP contribution in [0.3, 0.4) is 0 Å². The molecule has 11 nitrogen and oxygen atoms in total. The predicted octanol–water partition coefficient (Wildman–Crippen LogP) is 3.64. The second-order valence-corrected chi connectivity index (χ2v) is 10.3. The summed E-state index contributed by atoms with van der Waals surface area (Å²) in [7, 11) is 1.60. The highest BCUT2D eigenvalue weighted by Crippen LogP contribution is 2.37. The number of fused-ring (bicyclic) bond motifs is 3. The summed E-state index contributed by atoms with van der Waals surface area (Å²) >= 11 is 5.93. The molecule has 0 saturated heterocycles. The number of amides is 1. The zero-order chi connectivity index (χ0) is 29.3. The van der Waals surface area contributed by atoms with Gasteiger partial charge in [0.05, 0.1) is 25.1 Å². The highest BCUT2D eigenvalue weighted by molar-refractivity contribution is 6.32. The van der Waals surface area contributed by atoms with Crippen LogP contribution < -0.4 is 26.0 Å². The van der Waals surface area contributed by atoms with Crippen LogP contribution in [0, 0.1) is 20.8 Å². The number of H-pyrrole nitrogens is 1. The molecule has 4 aromatic rings. The van der Waals surface area contributed by atoms with Gasteiger partial charge in [-0.2, -0.15) is 0 Å². The van der Waals surface area contributed by atoms with E-state index in [0.717, 1.165) is 39.2 Å². The lowest BCUT2D eigenvalue weighted by atomic mass is 9.97. The van der Waals surface area contributed by atoms with Gasteiger partial charge in [0, 0.05) is 31.3 Å². The van der Waals surface area contributed by atoms with Crippen LogP contribution in [0.4, 0.5) is 5.69 Å². The van der Waals surface area contributed by atoms with Gasteiger partial charge >= 0.3 is 5.69 Å². The zero-order valence-corrected chi connectivity index (χ0v) is 24.4. The van der Waals surface area contributed by atoms with Gasteiger partial charge in [0.15, 0.2) is 22.3 Å². The molecule has 0 bridgehead atoms. The molecule has 2 aromatic carbocycles. The maximum absolute atomic E-state index is 14.0. The average Bonchev–Trinajstić information content (AvgIpc) is 3.37. The van der Waals surface area contributed by atoms with Gasteiger partial charge in [-0.3, -0.25) is 19.0 Å². The number of benzene rings is 2. The number of nitrogens with one attached hydrogen (secondary N) is 2. The Bertz CT molecular complexity index is 1750. The van der Waals surface area contributed by atoms with Crippen LogP contribution in [0.2, 0.25) is 5.15 Å². The summed E-state index contributed by atoms with van der Waals surface area (Å²) in [6, 6.07) is 9.97. The largest absolute Gasteiger partial charge is 0.493 e. The van der Waals surface area contributed by atoms with E-state index in [-0.39, 0.29) is 29.6 Å². The Morgan fingerprint density at radius 2 is 1.90 bits per heavy atom. The molecule has 0 unspecified atom stereocenters. The summed E-state index contributed by atoms with van der Waals surface area (Å²) in [4.78, 5) is 31.6. The normalized spacial score (nSPS) is 12.6. The molecule has 41 heavy (non-hydrogen) atoms. The molecule has 0 atom stereocenters. The summed E-state index contributed by atoms with van der Waals surface area (Å²) in [5.74, 6) is 0.810. The van der Waals surface area contributed by atoms with Crippen molar-refractivity contribution in [2.24, 2.45) is 4.99 Å². The molecule has 1 amide bonds. The number of carbonyl (C=O) groups is 1. The first-order chi connectivity index (χ1) is 19.7. The molecule has 0 saturated carbocycles. The first-order valence-electron chi connectivity index (χ1n) is 13.4. The quantitative estimate of drug-likeness (QED) is 0.329. The van der Waals surface area contributed by atoms with E-state index in [1.807, 2.05) is 45.9 Å². The second kappa shape index (κ2) is 11.6. The van der Waals surface area contributed by atoms with Gasteiger partial charge < -0.3 is 14.8 Å². The molecule has 214 valence electrons. The van der Waals surface area contributed by atoms with Gasteiger partial charge in [-0.1, -0.05) is 34.5 Å². The number of hydrogen-bond donors (Lipinski definition) is 2. The molecule has 2 aromatic heterocycles. The van der Waals surface area contributed by atoms with Gasteiger partial charge in [-0.15, -0.1) is 5.10 Å². The lowest BCUT2D eigenvalue weighted by Gasteiger charge is -2.25. The third-order valence-electron chi connectivity index (χ3n) is 7.08. The summed E-state index contributed by atoms with van der Waals surface area (Å²) in [6.45, 7) is 9.33. The molecular weight excluding hydrogens is 546 g/mol. The minimum atomic E-state index is -0.464. The lowest BCUT2D eigenvalue weighted by molar-refractivity contribution is 0.0947. The predicted molar refractivity (Wildman–Crippen MR) is 155 cm³/mol. The topological polar surface area (TPSA) is 128 Å². The molecule has 0 aliphatic carbocycles. The van der Waals surface area contributed by atoms with E-state index in [4.69, 9.17) is 26.1 Å². The number of aromatic nitrogens is 5. The molecule has 1 aliphatic rings. The van der Waals surface area contributed by atoms with E-state index in [2.05, 4.69) is 32.9 Å². The monoisotopic (exact) mass is 577 g/mol. The van der Waals surface area contributed by atoms with E-state index in [0.29, 0.717) is 36.6 Å². The minimum Gasteiger partial charge on any atom is -0.493 e. The van der Waals surface area contributed by atoms with Crippen LogP contribution in [-0.4, -0.2) is 50.7 Å². The number of rotatable bonds is 8. The number of aromatic amines is 1. The number of halogens is 1. The maximum atomic E-state index is 14.0. The molecule has 12 heteroatoms. The molecule has 0 fully saturated rings. The highest BCUT2D eigenvalue weighted by Gasteiger charge is 2.23. The van der Waals surface area contributed by atoms with Gasteiger partial charge in [-0.25, -0.2) is 9.79 Å². The molecule has 5 rings (SSSR count). The van der Waals surface area contributed by atoms with Crippen molar-refractivity contribution in [3.8, 4) is 22.8 Å². The fraction of sp³-hybridized carbons (Fsp3) is 0.345. The maximum Gasteiger partial charge on any atom is 0.330 e. The smallest absolute Gasteiger partial charge is 0.330 e. The van der Waals surface area contributed by atoms with Crippen molar-refractivity contribution < 1.29 is 14.3 Å². The second-order valence-electron chi connectivity index (χ2n) is 9.91. The number of carbonyl (C=O) groups excluding carboxylic acids is 1. The third-order valence-corrected chi connectivity index (χ3v) is 7.35. The molecular formula is C29H32ClN7O4.